The molecular formula is C38H44N2O6S4Si2. The van der Waals surface area contributed by atoms with Crippen molar-refractivity contribution in [2.45, 2.75) is 48.6 Å². The molecule has 52 heavy (non-hydrogen) atoms. The molecule has 0 unspecified atom stereocenters. The molecule has 4 aromatic carbocycles. The fourth-order valence-electron chi connectivity index (χ4n) is 6.33. The molecule has 6 aromatic rings. The van der Waals surface area contributed by atoms with Crippen LogP contribution in [0.15, 0.2) is 82.6 Å². The third-order valence-corrected chi connectivity index (χ3v) is 19.4. The van der Waals surface area contributed by atoms with Crippen LogP contribution in [0.2, 0.25) is 12.1 Å². The van der Waals surface area contributed by atoms with Gasteiger partial charge in [-0.15, -0.1) is 22.7 Å². The quantitative estimate of drug-likeness (QED) is 0.0656. The zero-order valence-corrected chi connectivity index (χ0v) is 36.0. The SMILES string of the molecule is CO[Si](CCc1cc(C)cc(-c2nc3ccccc3s2)c1SSc1c(CC[Si](OC)(OC)OC)cc(C)cc1-c1nc2ccccc2s1)(OC)OC. The lowest BCUT2D eigenvalue weighted by Gasteiger charge is -2.25. The zero-order valence-electron chi connectivity index (χ0n) is 30.7. The largest absolute Gasteiger partial charge is 0.500 e. The average molecular weight is 809 g/mol. The van der Waals surface area contributed by atoms with E-state index in [1.165, 1.54) is 22.3 Å². The molecule has 0 atom stereocenters. The van der Waals surface area contributed by atoms with E-state index in [1.54, 1.807) is 86.9 Å². The fraction of sp³-hybridized carbons (Fsp3) is 0.316. The number of aromatic nitrogens is 2. The van der Waals surface area contributed by atoms with E-state index >= 15 is 0 Å². The van der Waals surface area contributed by atoms with Crippen LogP contribution in [0.5, 0.6) is 0 Å². The number of para-hydroxylation sites is 2. The zero-order chi connectivity index (χ0) is 36.9. The molecule has 0 aliphatic heterocycles. The Labute approximate surface area is 324 Å². The first kappa shape index (κ1) is 39.3. The van der Waals surface area contributed by atoms with Crippen LogP contribution in [0.25, 0.3) is 41.6 Å². The van der Waals surface area contributed by atoms with Crippen LogP contribution in [0.3, 0.4) is 0 Å². The maximum atomic E-state index is 5.85. The summed E-state index contributed by atoms with van der Waals surface area (Å²) in [6.07, 6.45) is 1.44. The number of thiazole rings is 2. The Morgan fingerprint density at radius 2 is 0.904 bits per heavy atom. The summed E-state index contributed by atoms with van der Waals surface area (Å²) in [6.45, 7) is 4.30. The van der Waals surface area contributed by atoms with Crippen LogP contribution in [-0.4, -0.2) is 70.2 Å². The number of rotatable bonds is 17. The van der Waals surface area contributed by atoms with Crippen molar-refractivity contribution in [1.82, 2.24) is 9.97 Å². The van der Waals surface area contributed by atoms with E-state index in [0.29, 0.717) is 12.1 Å². The summed E-state index contributed by atoms with van der Waals surface area (Å²) >= 11 is 3.44. The van der Waals surface area contributed by atoms with Gasteiger partial charge >= 0.3 is 17.6 Å². The lowest BCUT2D eigenvalue weighted by atomic mass is 10.0. The van der Waals surface area contributed by atoms with Crippen LogP contribution >= 0.6 is 44.3 Å². The predicted molar refractivity (Wildman–Crippen MR) is 222 cm³/mol. The first-order valence-electron chi connectivity index (χ1n) is 16.8. The number of benzene rings is 4. The van der Waals surface area contributed by atoms with Crippen molar-refractivity contribution >= 4 is 82.3 Å². The smallest absolute Gasteiger partial charge is 0.377 e. The summed E-state index contributed by atoms with van der Waals surface area (Å²) in [5, 5.41) is 1.99. The lowest BCUT2D eigenvalue weighted by Crippen LogP contribution is -2.43. The van der Waals surface area contributed by atoms with Crippen molar-refractivity contribution in [3.8, 4) is 21.1 Å². The minimum atomic E-state index is -2.84. The standard InChI is InChI=1S/C38H44N2O6S4Si2/c1-25-21-27(17-19-51(41-3,42-4)43-5)35(29(23-25)37-39-31-13-9-11-15-33(31)47-37)49-50-36-28(18-20-52(44-6,45-7)46-8)22-26(2)24-30(36)38-40-32-14-10-12-16-34(32)48-38/h9-16,21-24H,17-20H2,1-8H3. The first-order chi connectivity index (χ1) is 25.2. The molecule has 0 saturated heterocycles. The van der Waals surface area contributed by atoms with E-state index in [1.807, 2.05) is 12.1 Å². The number of nitrogens with zero attached hydrogens (tertiary/aromatic N) is 2. The lowest BCUT2D eigenvalue weighted by molar-refractivity contribution is 0.123. The Hall–Kier alpha value is -2.45. The molecule has 0 saturated carbocycles. The van der Waals surface area contributed by atoms with Gasteiger partial charge in [0.15, 0.2) is 0 Å². The van der Waals surface area contributed by atoms with Gasteiger partial charge in [-0.25, -0.2) is 9.97 Å². The van der Waals surface area contributed by atoms with Gasteiger partial charge in [-0.1, -0.05) is 69.1 Å². The second-order valence-electron chi connectivity index (χ2n) is 12.3. The van der Waals surface area contributed by atoms with E-state index in [2.05, 4.69) is 74.5 Å². The van der Waals surface area contributed by atoms with Crippen molar-refractivity contribution in [1.29, 1.82) is 0 Å². The third kappa shape index (κ3) is 8.43. The number of fused-ring (bicyclic) bond motifs is 2. The third-order valence-electron chi connectivity index (χ3n) is 9.14. The monoisotopic (exact) mass is 808 g/mol. The molecule has 0 bridgehead atoms. The highest BCUT2D eigenvalue weighted by Gasteiger charge is 2.39. The summed E-state index contributed by atoms with van der Waals surface area (Å²) < 4.78 is 37.4. The highest BCUT2D eigenvalue weighted by molar-refractivity contribution is 8.76. The summed E-state index contributed by atoms with van der Waals surface area (Å²) in [5.41, 5.74) is 8.98. The highest BCUT2D eigenvalue weighted by atomic mass is 33.1. The van der Waals surface area contributed by atoms with E-state index in [9.17, 15) is 0 Å². The predicted octanol–water partition coefficient (Wildman–Crippen LogP) is 10.5. The van der Waals surface area contributed by atoms with E-state index < -0.39 is 17.6 Å². The Bertz CT molecular complexity index is 1920. The molecule has 2 aromatic heterocycles. The molecule has 0 N–H and O–H groups in total. The van der Waals surface area contributed by atoms with Gasteiger partial charge in [-0.3, -0.25) is 0 Å². The molecule has 14 heteroatoms. The summed E-state index contributed by atoms with van der Waals surface area (Å²) in [4.78, 5) is 12.6. The fourth-order valence-corrected chi connectivity index (χ4v) is 14.7. The van der Waals surface area contributed by atoms with Crippen LogP contribution in [0, 0.1) is 13.8 Å². The molecule has 274 valence electrons. The van der Waals surface area contributed by atoms with Crippen LogP contribution in [0.4, 0.5) is 0 Å². The van der Waals surface area contributed by atoms with Gasteiger partial charge in [-0.05, 0) is 74.2 Å². The molecule has 0 amide bonds. The van der Waals surface area contributed by atoms with Crippen molar-refractivity contribution in [3.05, 3.63) is 95.1 Å². The molecule has 2 heterocycles. The second kappa shape index (κ2) is 17.3. The molecular weight excluding hydrogens is 765 g/mol. The van der Waals surface area contributed by atoms with Gasteiger partial charge in [0.05, 0.1) is 20.4 Å². The Kier molecular flexibility index (Phi) is 13.1. The van der Waals surface area contributed by atoms with Crippen molar-refractivity contribution in [2.24, 2.45) is 0 Å². The molecule has 6 rings (SSSR count). The molecule has 0 aliphatic rings. The van der Waals surface area contributed by atoms with E-state index in [0.717, 1.165) is 64.2 Å². The number of hydrogen-bond donors (Lipinski definition) is 0. The average Bonchev–Trinajstić information content (AvgIpc) is 3.81. The topological polar surface area (TPSA) is 81.2 Å². The Morgan fingerprint density at radius 3 is 1.25 bits per heavy atom. The van der Waals surface area contributed by atoms with Gasteiger partial charge in [0.1, 0.15) is 10.0 Å². The van der Waals surface area contributed by atoms with Crippen molar-refractivity contribution in [3.63, 3.8) is 0 Å². The Balaban J connectivity index is 1.48. The molecule has 0 aliphatic carbocycles. The number of hydrogen-bond acceptors (Lipinski definition) is 12. The van der Waals surface area contributed by atoms with Gasteiger partial charge < -0.3 is 26.6 Å². The van der Waals surface area contributed by atoms with E-state index in [-0.39, 0.29) is 0 Å². The summed E-state index contributed by atoms with van der Waals surface area (Å²) in [5.74, 6) is 0. The van der Waals surface area contributed by atoms with E-state index in [4.69, 9.17) is 36.5 Å². The Morgan fingerprint density at radius 1 is 0.538 bits per heavy atom. The second-order valence-corrected chi connectivity index (χ2v) is 22.7. The maximum absolute atomic E-state index is 5.85. The molecule has 0 spiro atoms. The van der Waals surface area contributed by atoms with Gasteiger partial charge in [0, 0.05) is 75.7 Å². The normalized spacial score (nSPS) is 12.4. The maximum Gasteiger partial charge on any atom is 0.500 e. The molecule has 0 fully saturated rings. The number of aryl methyl sites for hydroxylation is 4. The summed E-state index contributed by atoms with van der Waals surface area (Å²) in [6, 6.07) is 27.0. The van der Waals surface area contributed by atoms with Crippen LogP contribution in [0.1, 0.15) is 22.3 Å². The van der Waals surface area contributed by atoms with Crippen molar-refractivity contribution < 1.29 is 26.6 Å². The van der Waals surface area contributed by atoms with Gasteiger partial charge in [0.25, 0.3) is 0 Å². The van der Waals surface area contributed by atoms with Crippen molar-refractivity contribution in [2.75, 3.05) is 42.7 Å². The van der Waals surface area contributed by atoms with Gasteiger partial charge in [-0.2, -0.15) is 0 Å². The first-order valence-corrected chi connectivity index (χ1v) is 24.5. The van der Waals surface area contributed by atoms with Gasteiger partial charge in [0.2, 0.25) is 0 Å². The van der Waals surface area contributed by atoms with Crippen LogP contribution < -0.4 is 0 Å². The van der Waals surface area contributed by atoms with Crippen LogP contribution in [-0.2, 0) is 39.4 Å². The minimum absolute atomic E-state index is 0.641. The molecule has 0 radical (unpaired) electrons. The molecule has 8 nitrogen and oxygen atoms in total. The summed E-state index contributed by atoms with van der Waals surface area (Å²) in [7, 11) is 7.88. The highest BCUT2D eigenvalue weighted by Crippen LogP contribution is 2.50. The minimum Gasteiger partial charge on any atom is -0.377 e.